The summed E-state index contributed by atoms with van der Waals surface area (Å²) in [6, 6.07) is 10.3. The Kier molecular flexibility index (Phi) is 6.12. The number of benzene rings is 2. The van der Waals surface area contributed by atoms with Crippen LogP contribution in [0.5, 0.6) is 11.5 Å². The van der Waals surface area contributed by atoms with Crippen molar-refractivity contribution in [1.82, 2.24) is 5.43 Å². The first-order valence-corrected chi connectivity index (χ1v) is 8.04. The van der Waals surface area contributed by atoms with Crippen LogP contribution in [0, 0.1) is 0 Å². The van der Waals surface area contributed by atoms with E-state index in [0.29, 0.717) is 38.9 Å². The molecule has 0 bridgehead atoms. The molecule has 0 atom stereocenters. The lowest BCUT2D eigenvalue weighted by Gasteiger charge is -2.14. The number of hydrazine groups is 1. The fourth-order valence-corrected chi connectivity index (χ4v) is 2.65. The number of carbonyl (C=O) groups is 1. The molecule has 2 rings (SSSR count). The van der Waals surface area contributed by atoms with Crippen LogP contribution in [0.1, 0.15) is 17.3 Å². The lowest BCUT2D eigenvalue weighted by atomic mass is 10.2. The van der Waals surface area contributed by atoms with Gasteiger partial charge in [0, 0.05) is 10.6 Å². The zero-order chi connectivity index (χ0) is 16.8. The highest BCUT2D eigenvalue weighted by Gasteiger charge is 2.15. The number of ether oxygens (including phenoxy) is 2. The van der Waals surface area contributed by atoms with Gasteiger partial charge in [-0.25, -0.2) is 0 Å². The quantitative estimate of drug-likeness (QED) is 0.712. The predicted octanol–water partition coefficient (Wildman–Crippen LogP) is 4.27. The summed E-state index contributed by atoms with van der Waals surface area (Å²) >= 11 is 9.29. The van der Waals surface area contributed by atoms with Crippen molar-refractivity contribution in [3.05, 3.63) is 51.5 Å². The van der Waals surface area contributed by atoms with Crippen molar-refractivity contribution in [3.63, 3.8) is 0 Å². The van der Waals surface area contributed by atoms with Crippen LogP contribution in [0.4, 0.5) is 5.69 Å². The van der Waals surface area contributed by atoms with Gasteiger partial charge >= 0.3 is 0 Å². The molecule has 0 aliphatic heterocycles. The fraction of sp³-hybridized carbons (Fsp3) is 0.188. The largest absolute Gasteiger partial charge is 0.493 e. The lowest BCUT2D eigenvalue weighted by Crippen LogP contribution is -2.29. The topological polar surface area (TPSA) is 59.6 Å². The van der Waals surface area contributed by atoms with Gasteiger partial charge in [-0.3, -0.25) is 15.6 Å². The zero-order valence-electron chi connectivity index (χ0n) is 12.7. The van der Waals surface area contributed by atoms with Crippen LogP contribution in [-0.2, 0) is 0 Å². The van der Waals surface area contributed by atoms with E-state index in [9.17, 15) is 4.79 Å². The molecule has 0 aliphatic carbocycles. The first-order valence-electron chi connectivity index (χ1n) is 6.87. The number of amides is 1. The minimum atomic E-state index is -0.313. The maximum Gasteiger partial charge on any atom is 0.269 e. The van der Waals surface area contributed by atoms with E-state index < -0.39 is 0 Å². The summed E-state index contributed by atoms with van der Waals surface area (Å²) in [5, 5.41) is 0.578. The molecular weight excluding hydrogens is 384 g/mol. The number of hydrogen-bond acceptors (Lipinski definition) is 4. The van der Waals surface area contributed by atoms with E-state index in [4.69, 9.17) is 21.1 Å². The highest BCUT2D eigenvalue weighted by Crippen LogP contribution is 2.36. The van der Waals surface area contributed by atoms with Crippen LogP contribution in [0.25, 0.3) is 0 Å². The second-order valence-electron chi connectivity index (χ2n) is 4.51. The van der Waals surface area contributed by atoms with Crippen LogP contribution in [-0.4, -0.2) is 19.6 Å². The Morgan fingerprint density at radius 3 is 2.74 bits per heavy atom. The predicted molar refractivity (Wildman–Crippen MR) is 94.4 cm³/mol. The van der Waals surface area contributed by atoms with Crippen molar-refractivity contribution < 1.29 is 14.3 Å². The Labute approximate surface area is 148 Å². The molecule has 0 unspecified atom stereocenters. The highest BCUT2D eigenvalue weighted by atomic mass is 79.9. The van der Waals surface area contributed by atoms with Gasteiger partial charge in [-0.15, -0.1) is 0 Å². The summed E-state index contributed by atoms with van der Waals surface area (Å²) < 4.78 is 11.4. The number of nitrogens with one attached hydrogen (secondary N) is 2. The molecular formula is C16H16BrClN2O3. The van der Waals surface area contributed by atoms with Gasteiger partial charge < -0.3 is 9.47 Å². The minimum absolute atomic E-state index is 0.313. The summed E-state index contributed by atoms with van der Waals surface area (Å²) in [5.41, 5.74) is 6.52. The first kappa shape index (κ1) is 17.4. The average Bonchev–Trinajstić information content (AvgIpc) is 2.54. The molecule has 2 aromatic rings. The number of anilines is 1. The number of carbonyl (C=O) groups excluding carboxylic acids is 1. The third-order valence-corrected chi connectivity index (χ3v) is 3.75. The Morgan fingerprint density at radius 2 is 2.09 bits per heavy atom. The van der Waals surface area contributed by atoms with Crippen molar-refractivity contribution >= 4 is 39.1 Å². The normalized spacial score (nSPS) is 10.1. The highest BCUT2D eigenvalue weighted by molar-refractivity contribution is 9.10. The number of hydrogen-bond donors (Lipinski definition) is 2. The van der Waals surface area contributed by atoms with Crippen LogP contribution in [0.15, 0.2) is 40.9 Å². The van der Waals surface area contributed by atoms with E-state index in [2.05, 4.69) is 26.8 Å². The van der Waals surface area contributed by atoms with Gasteiger partial charge in [0.25, 0.3) is 5.91 Å². The average molecular weight is 400 g/mol. The molecule has 2 N–H and O–H groups in total. The van der Waals surface area contributed by atoms with Gasteiger partial charge in [0.15, 0.2) is 11.5 Å². The van der Waals surface area contributed by atoms with Crippen LogP contribution >= 0.6 is 27.5 Å². The summed E-state index contributed by atoms with van der Waals surface area (Å²) in [6.45, 7) is 2.37. The Bertz CT molecular complexity index is 710. The second-order valence-corrected chi connectivity index (χ2v) is 5.80. The standard InChI is InChI=1S/C16H16BrClN2O3/c1-3-23-15-13(17)7-10(8-14(15)22-2)16(21)20-19-12-6-4-5-11(18)9-12/h4-9,19H,3H2,1-2H3,(H,20,21). The maximum absolute atomic E-state index is 12.3. The maximum atomic E-state index is 12.3. The van der Waals surface area contributed by atoms with Gasteiger partial charge in [0.1, 0.15) is 0 Å². The number of methoxy groups -OCH3 is 1. The Balaban J connectivity index is 2.14. The Morgan fingerprint density at radius 1 is 1.30 bits per heavy atom. The van der Waals surface area contributed by atoms with Gasteiger partial charge in [-0.1, -0.05) is 17.7 Å². The fourth-order valence-electron chi connectivity index (χ4n) is 1.90. The SMILES string of the molecule is CCOc1c(Br)cc(C(=O)NNc2cccc(Cl)c2)cc1OC. The molecule has 0 spiro atoms. The molecule has 0 fully saturated rings. The molecule has 7 heteroatoms. The summed E-state index contributed by atoms with van der Waals surface area (Å²) in [4.78, 5) is 12.3. The molecule has 1 amide bonds. The molecule has 5 nitrogen and oxygen atoms in total. The minimum Gasteiger partial charge on any atom is -0.493 e. The van der Waals surface area contributed by atoms with Gasteiger partial charge in [0.2, 0.25) is 0 Å². The Hall–Kier alpha value is -1.92. The third-order valence-electron chi connectivity index (χ3n) is 2.93. The van der Waals surface area contributed by atoms with E-state index in [0.717, 1.165) is 0 Å². The van der Waals surface area contributed by atoms with Gasteiger partial charge in [-0.2, -0.15) is 0 Å². The van der Waals surface area contributed by atoms with E-state index in [1.54, 1.807) is 36.4 Å². The molecule has 0 radical (unpaired) electrons. The monoisotopic (exact) mass is 398 g/mol. The van der Waals surface area contributed by atoms with E-state index >= 15 is 0 Å². The van der Waals surface area contributed by atoms with E-state index in [1.807, 2.05) is 6.92 Å². The molecule has 23 heavy (non-hydrogen) atoms. The zero-order valence-corrected chi connectivity index (χ0v) is 15.0. The van der Waals surface area contributed by atoms with Crippen LogP contribution < -0.4 is 20.3 Å². The summed E-state index contributed by atoms with van der Waals surface area (Å²) in [5.74, 6) is 0.732. The van der Waals surface area contributed by atoms with Crippen molar-refractivity contribution in [2.24, 2.45) is 0 Å². The van der Waals surface area contributed by atoms with Crippen molar-refractivity contribution in [3.8, 4) is 11.5 Å². The second kappa shape index (κ2) is 8.08. The van der Waals surface area contributed by atoms with E-state index in [1.165, 1.54) is 7.11 Å². The summed E-state index contributed by atoms with van der Waals surface area (Å²) in [6.07, 6.45) is 0. The van der Waals surface area contributed by atoms with Crippen molar-refractivity contribution in [2.45, 2.75) is 6.92 Å². The van der Waals surface area contributed by atoms with Crippen molar-refractivity contribution in [2.75, 3.05) is 19.1 Å². The van der Waals surface area contributed by atoms with E-state index in [-0.39, 0.29) is 5.91 Å². The van der Waals surface area contributed by atoms with Crippen LogP contribution in [0.2, 0.25) is 5.02 Å². The molecule has 0 heterocycles. The van der Waals surface area contributed by atoms with Crippen molar-refractivity contribution in [1.29, 1.82) is 0 Å². The number of rotatable bonds is 6. The lowest BCUT2D eigenvalue weighted by molar-refractivity contribution is 0.0962. The molecule has 0 aromatic heterocycles. The molecule has 0 saturated carbocycles. The molecule has 2 aromatic carbocycles. The van der Waals surface area contributed by atoms with Gasteiger partial charge in [-0.05, 0) is 53.2 Å². The number of halogens is 2. The molecule has 122 valence electrons. The summed E-state index contributed by atoms with van der Waals surface area (Å²) in [7, 11) is 1.52. The third kappa shape index (κ3) is 4.53. The van der Waals surface area contributed by atoms with Crippen LogP contribution in [0.3, 0.4) is 0 Å². The smallest absolute Gasteiger partial charge is 0.269 e. The molecule has 0 saturated heterocycles. The molecule has 0 aliphatic rings. The van der Waals surface area contributed by atoms with Gasteiger partial charge in [0.05, 0.1) is 23.9 Å². The first-order chi connectivity index (χ1) is 11.0.